The molecule has 0 aliphatic heterocycles. The van der Waals surface area contributed by atoms with Gasteiger partial charge in [-0.15, -0.1) is 10.2 Å². The van der Waals surface area contributed by atoms with Gasteiger partial charge in [0.15, 0.2) is 5.82 Å². The molecule has 0 unspecified atom stereocenters. The van der Waals surface area contributed by atoms with E-state index >= 15 is 0 Å². The van der Waals surface area contributed by atoms with Crippen LogP contribution in [0.25, 0.3) is 11.3 Å². The van der Waals surface area contributed by atoms with Crippen molar-refractivity contribution in [1.29, 1.82) is 0 Å². The smallest absolute Gasteiger partial charge is 0.150 e. The van der Waals surface area contributed by atoms with Gasteiger partial charge >= 0.3 is 0 Å². The Morgan fingerprint density at radius 1 is 1.14 bits per heavy atom. The van der Waals surface area contributed by atoms with Gasteiger partial charge in [0.2, 0.25) is 0 Å². The lowest BCUT2D eigenvalue weighted by molar-refractivity contribution is 0.624. The van der Waals surface area contributed by atoms with Gasteiger partial charge < -0.3 is 5.73 Å². The van der Waals surface area contributed by atoms with Crippen molar-refractivity contribution in [3.05, 3.63) is 36.4 Å². The van der Waals surface area contributed by atoms with E-state index in [4.69, 9.17) is 5.73 Å². The molecule has 4 nitrogen and oxygen atoms in total. The lowest BCUT2D eigenvalue weighted by Gasteiger charge is -2.00. The van der Waals surface area contributed by atoms with Gasteiger partial charge in [0.1, 0.15) is 5.82 Å². The van der Waals surface area contributed by atoms with E-state index in [-0.39, 0.29) is 0 Å². The number of nitrogen functional groups attached to an aromatic ring is 1. The molecular formula is C9H7FN4. The second kappa shape index (κ2) is 3.37. The lowest BCUT2D eigenvalue weighted by Crippen LogP contribution is -1.95. The van der Waals surface area contributed by atoms with Gasteiger partial charge in [-0.1, -0.05) is 0 Å². The van der Waals surface area contributed by atoms with Crippen molar-refractivity contribution in [3.8, 4) is 11.3 Å². The number of nitrogens with zero attached hydrogens (tertiary/aromatic N) is 3. The summed E-state index contributed by atoms with van der Waals surface area (Å²) in [4.78, 5) is 3.64. The normalized spacial score (nSPS) is 10.1. The maximum Gasteiger partial charge on any atom is 0.150 e. The fourth-order valence-corrected chi connectivity index (χ4v) is 1.07. The van der Waals surface area contributed by atoms with Crippen LogP contribution in [0, 0.1) is 5.82 Å². The Labute approximate surface area is 79.6 Å². The number of hydrogen-bond donors (Lipinski definition) is 1. The SMILES string of the molecule is Nc1ccc(-c2ccncc2F)nn1. The van der Waals surface area contributed by atoms with Gasteiger partial charge in [-0.3, -0.25) is 4.98 Å². The molecule has 0 saturated heterocycles. The second-order valence-corrected chi connectivity index (χ2v) is 2.70. The molecule has 5 heteroatoms. The molecule has 0 amide bonds. The number of aromatic nitrogens is 3. The fourth-order valence-electron chi connectivity index (χ4n) is 1.07. The predicted molar refractivity (Wildman–Crippen MR) is 49.6 cm³/mol. The summed E-state index contributed by atoms with van der Waals surface area (Å²) in [6.07, 6.45) is 2.63. The molecule has 14 heavy (non-hydrogen) atoms. The first-order valence-electron chi connectivity index (χ1n) is 3.96. The Morgan fingerprint density at radius 3 is 2.64 bits per heavy atom. The maximum absolute atomic E-state index is 13.2. The molecule has 2 aromatic rings. The molecule has 70 valence electrons. The van der Waals surface area contributed by atoms with Crippen molar-refractivity contribution >= 4 is 5.82 Å². The standard InChI is InChI=1S/C9H7FN4/c10-7-5-12-4-3-6(7)8-1-2-9(11)14-13-8/h1-5H,(H2,11,14). The summed E-state index contributed by atoms with van der Waals surface area (Å²) in [5.41, 5.74) is 6.17. The Balaban J connectivity index is 2.50. The molecule has 2 aromatic heterocycles. The van der Waals surface area contributed by atoms with Crippen LogP contribution in [0.2, 0.25) is 0 Å². The highest BCUT2D eigenvalue weighted by Crippen LogP contribution is 2.18. The minimum atomic E-state index is -0.424. The topological polar surface area (TPSA) is 64.7 Å². The third-order valence-electron chi connectivity index (χ3n) is 1.73. The molecule has 0 radical (unpaired) electrons. The van der Waals surface area contributed by atoms with Gasteiger partial charge in [0.05, 0.1) is 11.9 Å². The van der Waals surface area contributed by atoms with E-state index in [9.17, 15) is 4.39 Å². The Bertz CT molecular complexity index is 441. The molecule has 0 atom stereocenters. The van der Waals surface area contributed by atoms with Gasteiger partial charge in [0.25, 0.3) is 0 Å². The first kappa shape index (κ1) is 8.55. The molecule has 2 rings (SSSR count). The molecule has 0 aliphatic rings. The summed E-state index contributed by atoms with van der Waals surface area (Å²) in [7, 11) is 0. The van der Waals surface area contributed by atoms with Crippen LogP contribution in [0.1, 0.15) is 0 Å². The van der Waals surface area contributed by atoms with Crippen LogP contribution < -0.4 is 5.73 Å². The van der Waals surface area contributed by atoms with Gasteiger partial charge in [-0.05, 0) is 18.2 Å². The van der Waals surface area contributed by atoms with Gasteiger partial charge in [-0.25, -0.2) is 4.39 Å². The van der Waals surface area contributed by atoms with E-state index in [1.54, 1.807) is 12.1 Å². The van der Waals surface area contributed by atoms with Crippen LogP contribution in [0.15, 0.2) is 30.6 Å². The van der Waals surface area contributed by atoms with Crippen LogP contribution >= 0.6 is 0 Å². The van der Waals surface area contributed by atoms with Gasteiger partial charge in [-0.2, -0.15) is 0 Å². The highest BCUT2D eigenvalue weighted by Gasteiger charge is 2.05. The van der Waals surface area contributed by atoms with Crippen molar-refractivity contribution in [2.75, 3.05) is 5.73 Å². The molecule has 0 aliphatic carbocycles. The third kappa shape index (κ3) is 1.52. The number of anilines is 1. The molecular weight excluding hydrogens is 183 g/mol. The van der Waals surface area contributed by atoms with Crippen LogP contribution in [0.3, 0.4) is 0 Å². The minimum Gasteiger partial charge on any atom is -0.382 e. The molecule has 2 N–H and O–H groups in total. The van der Waals surface area contributed by atoms with Crippen molar-refractivity contribution in [1.82, 2.24) is 15.2 Å². The Kier molecular flexibility index (Phi) is 2.06. The predicted octanol–water partition coefficient (Wildman–Crippen LogP) is 1.26. The largest absolute Gasteiger partial charge is 0.382 e. The molecule has 0 bridgehead atoms. The summed E-state index contributed by atoms with van der Waals surface area (Å²) in [6, 6.07) is 4.72. The number of hydrogen-bond acceptors (Lipinski definition) is 4. The van der Waals surface area contributed by atoms with E-state index in [1.807, 2.05) is 0 Å². The number of nitrogens with two attached hydrogens (primary N) is 1. The molecule has 2 heterocycles. The van der Waals surface area contributed by atoms with Crippen LogP contribution in [0.4, 0.5) is 10.2 Å². The fraction of sp³-hybridized carbons (Fsp3) is 0. The zero-order valence-electron chi connectivity index (χ0n) is 7.18. The van der Waals surface area contributed by atoms with Crippen LogP contribution in [-0.4, -0.2) is 15.2 Å². The Hall–Kier alpha value is -2.04. The zero-order chi connectivity index (χ0) is 9.97. The summed E-state index contributed by atoms with van der Waals surface area (Å²) in [5.74, 6) is -0.116. The average molecular weight is 190 g/mol. The van der Waals surface area contributed by atoms with Gasteiger partial charge in [0, 0.05) is 11.8 Å². The maximum atomic E-state index is 13.2. The minimum absolute atomic E-state index is 0.309. The first-order valence-corrected chi connectivity index (χ1v) is 3.96. The first-order chi connectivity index (χ1) is 6.77. The third-order valence-corrected chi connectivity index (χ3v) is 1.73. The van der Waals surface area contributed by atoms with E-state index in [0.29, 0.717) is 17.1 Å². The lowest BCUT2D eigenvalue weighted by atomic mass is 10.2. The van der Waals surface area contributed by atoms with Crippen molar-refractivity contribution in [3.63, 3.8) is 0 Å². The molecule has 0 fully saturated rings. The highest BCUT2D eigenvalue weighted by molar-refractivity contribution is 5.59. The highest BCUT2D eigenvalue weighted by atomic mass is 19.1. The summed E-state index contributed by atoms with van der Waals surface area (Å²) < 4.78 is 13.2. The summed E-state index contributed by atoms with van der Waals surface area (Å²) >= 11 is 0. The summed E-state index contributed by atoms with van der Waals surface area (Å²) in [5, 5.41) is 7.40. The van der Waals surface area contributed by atoms with E-state index < -0.39 is 5.82 Å². The van der Waals surface area contributed by atoms with Crippen molar-refractivity contribution < 1.29 is 4.39 Å². The molecule has 0 saturated carbocycles. The quantitative estimate of drug-likeness (QED) is 0.735. The van der Waals surface area contributed by atoms with E-state index in [2.05, 4.69) is 15.2 Å². The summed E-state index contributed by atoms with van der Waals surface area (Å²) in [6.45, 7) is 0. The monoisotopic (exact) mass is 190 g/mol. The Morgan fingerprint density at radius 2 is 2.00 bits per heavy atom. The van der Waals surface area contributed by atoms with Crippen molar-refractivity contribution in [2.45, 2.75) is 0 Å². The van der Waals surface area contributed by atoms with E-state index in [1.165, 1.54) is 12.3 Å². The van der Waals surface area contributed by atoms with Crippen molar-refractivity contribution in [2.24, 2.45) is 0 Å². The number of pyridine rings is 1. The second-order valence-electron chi connectivity index (χ2n) is 2.70. The zero-order valence-corrected chi connectivity index (χ0v) is 7.18. The number of halogens is 1. The van der Waals surface area contributed by atoms with Crippen LogP contribution in [-0.2, 0) is 0 Å². The number of rotatable bonds is 1. The molecule has 0 spiro atoms. The average Bonchev–Trinajstić information content (AvgIpc) is 2.20. The molecule has 0 aromatic carbocycles. The van der Waals surface area contributed by atoms with Crippen LogP contribution in [0.5, 0.6) is 0 Å². The van der Waals surface area contributed by atoms with E-state index in [0.717, 1.165) is 6.20 Å².